The highest BCUT2D eigenvalue weighted by Gasteiger charge is 2.36. The van der Waals surface area contributed by atoms with Crippen LogP contribution < -0.4 is 14.8 Å². The van der Waals surface area contributed by atoms with Gasteiger partial charge in [-0.2, -0.15) is 4.31 Å². The highest BCUT2D eigenvalue weighted by atomic mass is 32.2. The van der Waals surface area contributed by atoms with Crippen molar-refractivity contribution in [3.05, 3.63) is 23.8 Å². The molecule has 0 aromatic heterocycles. The van der Waals surface area contributed by atoms with Crippen LogP contribution >= 0.6 is 0 Å². The van der Waals surface area contributed by atoms with Gasteiger partial charge in [-0.25, -0.2) is 8.42 Å². The molecule has 126 valence electrons. The molecule has 2 heterocycles. The lowest BCUT2D eigenvalue weighted by atomic mass is 10.1. The SMILES string of the molecule is CS(=O)(=O)N1CCCC1C(=O)NCc1ccc2c(c1)OCCO2. The highest BCUT2D eigenvalue weighted by Crippen LogP contribution is 2.30. The Morgan fingerprint density at radius 3 is 2.78 bits per heavy atom. The number of hydrogen-bond acceptors (Lipinski definition) is 5. The van der Waals surface area contributed by atoms with Gasteiger partial charge in [-0.1, -0.05) is 6.07 Å². The number of nitrogens with zero attached hydrogens (tertiary/aromatic N) is 1. The van der Waals surface area contributed by atoms with Gasteiger partial charge in [0.2, 0.25) is 15.9 Å². The lowest BCUT2D eigenvalue weighted by molar-refractivity contribution is -0.124. The predicted octanol–water partition coefficient (Wildman–Crippen LogP) is 0.498. The van der Waals surface area contributed by atoms with E-state index in [9.17, 15) is 13.2 Å². The number of ether oxygens (including phenoxy) is 2. The Labute approximate surface area is 135 Å². The first-order chi connectivity index (χ1) is 10.9. The number of fused-ring (bicyclic) bond motifs is 1. The van der Waals surface area contributed by atoms with E-state index >= 15 is 0 Å². The Morgan fingerprint density at radius 2 is 2.04 bits per heavy atom. The minimum atomic E-state index is -3.36. The van der Waals surface area contributed by atoms with Crippen LogP contribution in [0, 0.1) is 0 Å². The van der Waals surface area contributed by atoms with E-state index in [-0.39, 0.29) is 5.91 Å². The maximum Gasteiger partial charge on any atom is 0.238 e. The molecular formula is C15H20N2O5S. The largest absolute Gasteiger partial charge is 0.486 e. The minimum Gasteiger partial charge on any atom is -0.486 e. The van der Waals surface area contributed by atoms with Crippen LogP contribution in [0.5, 0.6) is 11.5 Å². The van der Waals surface area contributed by atoms with Crippen molar-refractivity contribution in [1.82, 2.24) is 9.62 Å². The Kier molecular flexibility index (Phi) is 4.45. The topological polar surface area (TPSA) is 84.9 Å². The number of rotatable bonds is 4. The average molecular weight is 340 g/mol. The van der Waals surface area contributed by atoms with Crippen LogP contribution in [0.4, 0.5) is 0 Å². The fourth-order valence-electron chi connectivity index (χ4n) is 2.90. The van der Waals surface area contributed by atoms with Gasteiger partial charge in [0.25, 0.3) is 0 Å². The molecule has 0 aliphatic carbocycles. The van der Waals surface area contributed by atoms with Crippen LogP contribution in [0.1, 0.15) is 18.4 Å². The Bertz CT molecular complexity index is 704. The molecule has 0 saturated carbocycles. The number of carbonyl (C=O) groups excluding carboxylic acids is 1. The molecule has 1 amide bonds. The molecule has 1 aromatic rings. The fraction of sp³-hybridized carbons (Fsp3) is 0.533. The van der Waals surface area contributed by atoms with E-state index < -0.39 is 16.1 Å². The van der Waals surface area contributed by atoms with Crippen molar-refractivity contribution in [3.63, 3.8) is 0 Å². The first-order valence-electron chi connectivity index (χ1n) is 7.58. The molecule has 3 rings (SSSR count). The number of sulfonamides is 1. The van der Waals surface area contributed by atoms with E-state index in [1.165, 1.54) is 4.31 Å². The maximum absolute atomic E-state index is 12.3. The van der Waals surface area contributed by atoms with Gasteiger partial charge >= 0.3 is 0 Å². The molecule has 2 aliphatic heterocycles. The summed E-state index contributed by atoms with van der Waals surface area (Å²) in [6.45, 7) is 1.77. The zero-order valence-electron chi connectivity index (χ0n) is 12.9. The predicted molar refractivity (Wildman–Crippen MR) is 83.9 cm³/mol. The summed E-state index contributed by atoms with van der Waals surface area (Å²) < 4.78 is 35.6. The van der Waals surface area contributed by atoms with Crippen molar-refractivity contribution in [2.24, 2.45) is 0 Å². The van der Waals surface area contributed by atoms with Crippen molar-refractivity contribution in [1.29, 1.82) is 0 Å². The lowest BCUT2D eigenvalue weighted by Gasteiger charge is -2.22. The van der Waals surface area contributed by atoms with E-state index in [0.717, 1.165) is 11.8 Å². The van der Waals surface area contributed by atoms with Gasteiger partial charge in [-0.05, 0) is 30.5 Å². The third-order valence-corrected chi connectivity index (χ3v) is 5.29. The van der Waals surface area contributed by atoms with Gasteiger partial charge in [-0.15, -0.1) is 0 Å². The quantitative estimate of drug-likeness (QED) is 0.863. The van der Waals surface area contributed by atoms with E-state index in [1.54, 1.807) is 0 Å². The molecule has 0 spiro atoms. The van der Waals surface area contributed by atoms with Crippen molar-refractivity contribution < 1.29 is 22.7 Å². The van der Waals surface area contributed by atoms with Crippen molar-refractivity contribution >= 4 is 15.9 Å². The number of nitrogens with one attached hydrogen (secondary N) is 1. The third-order valence-electron chi connectivity index (χ3n) is 4.01. The van der Waals surface area contributed by atoms with E-state index in [2.05, 4.69) is 5.32 Å². The molecule has 1 fully saturated rings. The first-order valence-corrected chi connectivity index (χ1v) is 9.43. The highest BCUT2D eigenvalue weighted by molar-refractivity contribution is 7.88. The van der Waals surface area contributed by atoms with Crippen LogP contribution in [0.2, 0.25) is 0 Å². The zero-order chi connectivity index (χ0) is 16.4. The van der Waals surface area contributed by atoms with Gasteiger partial charge in [0.05, 0.1) is 6.26 Å². The Balaban J connectivity index is 1.63. The maximum atomic E-state index is 12.3. The summed E-state index contributed by atoms with van der Waals surface area (Å²) in [5, 5.41) is 2.81. The lowest BCUT2D eigenvalue weighted by Crippen LogP contribution is -2.45. The molecule has 23 heavy (non-hydrogen) atoms. The van der Waals surface area contributed by atoms with Crippen molar-refractivity contribution in [3.8, 4) is 11.5 Å². The number of benzene rings is 1. The second-order valence-electron chi connectivity index (χ2n) is 5.73. The molecule has 0 bridgehead atoms. The van der Waals surface area contributed by atoms with E-state index in [1.807, 2.05) is 18.2 Å². The first kappa shape index (κ1) is 16.1. The van der Waals surface area contributed by atoms with Crippen molar-refractivity contribution in [2.75, 3.05) is 26.0 Å². The summed E-state index contributed by atoms with van der Waals surface area (Å²) in [4.78, 5) is 12.3. The average Bonchev–Trinajstić information content (AvgIpc) is 3.02. The van der Waals surface area contributed by atoms with Crippen LogP contribution in [-0.2, 0) is 21.4 Å². The summed E-state index contributed by atoms with van der Waals surface area (Å²) in [6, 6.07) is 4.89. The van der Waals surface area contributed by atoms with Crippen LogP contribution in [-0.4, -0.2) is 50.7 Å². The molecule has 7 nitrogen and oxygen atoms in total. The van der Waals surface area contributed by atoms with Gasteiger partial charge in [0.1, 0.15) is 19.3 Å². The molecule has 1 N–H and O–H groups in total. The molecule has 1 unspecified atom stereocenters. The second-order valence-corrected chi connectivity index (χ2v) is 7.66. The summed E-state index contributed by atoms with van der Waals surface area (Å²) in [6.07, 6.45) is 2.40. The van der Waals surface area contributed by atoms with Crippen LogP contribution in [0.3, 0.4) is 0 Å². The Hall–Kier alpha value is -1.80. The summed E-state index contributed by atoms with van der Waals surface area (Å²) in [5.41, 5.74) is 0.881. The van der Waals surface area contributed by atoms with E-state index in [4.69, 9.17) is 9.47 Å². The standard InChI is InChI=1S/C15H20N2O5S/c1-23(19,20)17-6-2-3-12(17)15(18)16-10-11-4-5-13-14(9-11)22-8-7-21-13/h4-5,9,12H,2-3,6-8,10H2,1H3,(H,16,18). The summed E-state index contributed by atoms with van der Waals surface area (Å²) in [7, 11) is -3.36. The Morgan fingerprint density at radius 1 is 1.30 bits per heavy atom. The van der Waals surface area contributed by atoms with Gasteiger partial charge in [-0.3, -0.25) is 4.79 Å². The van der Waals surface area contributed by atoms with Gasteiger partial charge in [0, 0.05) is 13.1 Å². The monoisotopic (exact) mass is 340 g/mol. The molecule has 1 atom stereocenters. The second kappa shape index (κ2) is 6.37. The normalized spacial score (nSPS) is 21.2. The molecule has 1 saturated heterocycles. The number of hydrogen-bond donors (Lipinski definition) is 1. The molecule has 2 aliphatic rings. The smallest absolute Gasteiger partial charge is 0.238 e. The minimum absolute atomic E-state index is 0.261. The molecular weight excluding hydrogens is 320 g/mol. The van der Waals surface area contributed by atoms with Crippen molar-refractivity contribution in [2.45, 2.75) is 25.4 Å². The summed E-state index contributed by atoms with van der Waals surface area (Å²) >= 11 is 0. The van der Waals surface area contributed by atoms with Crippen LogP contribution in [0.15, 0.2) is 18.2 Å². The van der Waals surface area contributed by atoms with Gasteiger partial charge < -0.3 is 14.8 Å². The number of amides is 1. The van der Waals surface area contributed by atoms with Gasteiger partial charge in [0.15, 0.2) is 11.5 Å². The summed E-state index contributed by atoms with van der Waals surface area (Å²) in [5.74, 6) is 1.11. The third kappa shape index (κ3) is 3.59. The van der Waals surface area contributed by atoms with Crippen LogP contribution in [0.25, 0.3) is 0 Å². The molecule has 0 radical (unpaired) electrons. The zero-order valence-corrected chi connectivity index (χ0v) is 13.8. The molecule has 1 aromatic carbocycles. The number of carbonyl (C=O) groups is 1. The molecule has 8 heteroatoms. The van der Waals surface area contributed by atoms with E-state index in [0.29, 0.717) is 50.6 Å². The fourth-order valence-corrected chi connectivity index (χ4v) is 4.03.